The molecule has 0 saturated carbocycles. The first-order chi connectivity index (χ1) is 13.9. The summed E-state index contributed by atoms with van der Waals surface area (Å²) in [5.74, 6) is -1.58. The van der Waals surface area contributed by atoms with Crippen LogP contribution in [0.1, 0.15) is 26.6 Å². The molecule has 8 heteroatoms. The average molecular weight is 390 g/mol. The van der Waals surface area contributed by atoms with Crippen molar-refractivity contribution in [2.45, 2.75) is 6.92 Å². The van der Waals surface area contributed by atoms with Crippen molar-refractivity contribution in [3.8, 4) is 11.3 Å². The second-order valence-corrected chi connectivity index (χ2v) is 6.36. The molecule has 0 spiro atoms. The maximum absolute atomic E-state index is 13.1. The molecule has 0 fully saturated rings. The van der Waals surface area contributed by atoms with Gasteiger partial charge in [0.05, 0.1) is 21.6 Å². The first-order valence-electron chi connectivity index (χ1n) is 8.62. The highest BCUT2D eigenvalue weighted by Gasteiger charge is 2.26. The number of nitro benzene ring substituents is 1. The third-order valence-corrected chi connectivity index (χ3v) is 4.71. The number of carboxylic acid groups (broad SMARTS) is 1. The first-order valence-corrected chi connectivity index (χ1v) is 8.62. The summed E-state index contributed by atoms with van der Waals surface area (Å²) in [7, 11) is 0. The molecule has 0 aliphatic heterocycles. The monoisotopic (exact) mass is 390 g/mol. The van der Waals surface area contributed by atoms with Crippen LogP contribution in [0.5, 0.6) is 0 Å². The van der Waals surface area contributed by atoms with E-state index in [0.29, 0.717) is 10.9 Å². The number of aromatic carboxylic acids is 1. The second-order valence-electron chi connectivity index (χ2n) is 6.36. The number of aromatic nitrogens is 1. The number of carboxylic acids is 1. The quantitative estimate of drug-likeness (QED) is 0.405. The van der Waals surface area contributed by atoms with Gasteiger partial charge in [0.2, 0.25) is 0 Å². The van der Waals surface area contributed by atoms with Crippen LogP contribution in [0.25, 0.3) is 22.2 Å². The Labute approximate surface area is 163 Å². The largest absolute Gasteiger partial charge is 0.478 e. The number of carbonyl (C=O) groups excluding carboxylic acids is 1. The van der Waals surface area contributed by atoms with Crippen molar-refractivity contribution in [3.05, 3.63) is 87.8 Å². The molecule has 0 amide bonds. The van der Waals surface area contributed by atoms with Crippen molar-refractivity contribution < 1.29 is 24.0 Å². The Balaban J connectivity index is 1.84. The van der Waals surface area contributed by atoms with Crippen LogP contribution in [-0.2, 0) is 0 Å². The van der Waals surface area contributed by atoms with Crippen LogP contribution < -0.4 is 0 Å². The lowest BCUT2D eigenvalue weighted by Gasteiger charge is -2.05. The molecule has 0 saturated heterocycles. The van der Waals surface area contributed by atoms with Crippen molar-refractivity contribution in [2.75, 3.05) is 0 Å². The van der Waals surface area contributed by atoms with Crippen molar-refractivity contribution in [3.63, 3.8) is 0 Å². The van der Waals surface area contributed by atoms with E-state index in [1.807, 2.05) is 0 Å². The van der Waals surface area contributed by atoms with E-state index in [0.717, 1.165) is 0 Å². The standard InChI is InChI=1S/C21H14N2O6/c1-12-19(21(25)26)14-7-3-4-8-15(14)22(12)20(24)18-11-10-17(29-18)13-6-2-5-9-16(13)23(27)28/h2-11H,1H3,(H,25,26). The normalized spacial score (nSPS) is 10.9. The van der Waals surface area contributed by atoms with Gasteiger partial charge in [0.1, 0.15) is 5.76 Å². The molecule has 2 heterocycles. The molecule has 4 rings (SSSR count). The summed E-state index contributed by atoms with van der Waals surface area (Å²) in [6.45, 7) is 1.55. The lowest BCUT2D eigenvalue weighted by atomic mass is 10.1. The minimum atomic E-state index is -1.13. The average Bonchev–Trinajstić information content (AvgIpc) is 3.29. The van der Waals surface area contributed by atoms with Gasteiger partial charge in [-0.05, 0) is 31.2 Å². The molecule has 0 radical (unpaired) electrons. The Morgan fingerprint density at radius 1 is 1.03 bits per heavy atom. The first kappa shape index (κ1) is 18.2. The van der Waals surface area contributed by atoms with Crippen molar-refractivity contribution in [1.82, 2.24) is 4.57 Å². The molecular formula is C21H14N2O6. The molecule has 144 valence electrons. The van der Waals surface area contributed by atoms with Crippen LogP contribution in [0.15, 0.2) is 65.1 Å². The zero-order chi connectivity index (χ0) is 20.7. The van der Waals surface area contributed by atoms with Crippen LogP contribution in [0.3, 0.4) is 0 Å². The number of nitrogens with zero attached hydrogens (tertiary/aromatic N) is 2. The molecule has 0 atom stereocenters. The number of furan rings is 1. The lowest BCUT2D eigenvalue weighted by Crippen LogP contribution is -2.13. The molecule has 0 bridgehead atoms. The van der Waals surface area contributed by atoms with E-state index in [1.165, 1.54) is 28.8 Å². The van der Waals surface area contributed by atoms with Gasteiger partial charge in [-0.2, -0.15) is 0 Å². The number of para-hydroxylation sites is 2. The number of benzene rings is 2. The van der Waals surface area contributed by atoms with Gasteiger partial charge in [0.25, 0.3) is 11.6 Å². The maximum atomic E-state index is 13.1. The zero-order valence-corrected chi connectivity index (χ0v) is 15.2. The Kier molecular flexibility index (Phi) is 4.23. The van der Waals surface area contributed by atoms with Gasteiger partial charge in [0.15, 0.2) is 5.76 Å². The van der Waals surface area contributed by atoms with Crippen LogP contribution in [-0.4, -0.2) is 26.5 Å². The summed E-state index contributed by atoms with van der Waals surface area (Å²) in [5.41, 5.74) is 0.858. The molecule has 0 aliphatic rings. The van der Waals surface area contributed by atoms with Gasteiger partial charge in [0, 0.05) is 17.1 Å². The van der Waals surface area contributed by atoms with E-state index in [9.17, 15) is 24.8 Å². The van der Waals surface area contributed by atoms with E-state index in [4.69, 9.17) is 4.42 Å². The summed E-state index contributed by atoms with van der Waals surface area (Å²) >= 11 is 0. The smallest absolute Gasteiger partial charge is 0.338 e. The predicted molar refractivity (Wildman–Crippen MR) is 104 cm³/mol. The van der Waals surface area contributed by atoms with Gasteiger partial charge in [-0.1, -0.05) is 30.3 Å². The minimum absolute atomic E-state index is 0.0411. The van der Waals surface area contributed by atoms with Crippen molar-refractivity contribution >= 4 is 28.5 Å². The van der Waals surface area contributed by atoms with Gasteiger partial charge >= 0.3 is 5.97 Å². The number of carbonyl (C=O) groups is 2. The maximum Gasteiger partial charge on any atom is 0.338 e. The van der Waals surface area contributed by atoms with Crippen LogP contribution in [0.4, 0.5) is 5.69 Å². The topological polar surface area (TPSA) is 116 Å². The molecule has 0 aliphatic carbocycles. The third kappa shape index (κ3) is 2.87. The SMILES string of the molecule is Cc1c(C(=O)O)c2ccccc2n1C(=O)c1ccc(-c2ccccc2[N+](=O)[O-])o1. The summed E-state index contributed by atoms with van der Waals surface area (Å²) in [5, 5.41) is 21.2. The van der Waals surface area contributed by atoms with Crippen LogP contribution in [0.2, 0.25) is 0 Å². The Morgan fingerprint density at radius 3 is 2.45 bits per heavy atom. The second kappa shape index (κ2) is 6.75. The van der Waals surface area contributed by atoms with Gasteiger partial charge in [-0.15, -0.1) is 0 Å². The molecule has 1 N–H and O–H groups in total. The summed E-state index contributed by atoms with van der Waals surface area (Å²) in [6, 6.07) is 15.6. The molecule has 0 unspecified atom stereocenters. The number of fused-ring (bicyclic) bond motifs is 1. The fourth-order valence-corrected chi connectivity index (χ4v) is 3.45. The number of hydrogen-bond donors (Lipinski definition) is 1. The number of hydrogen-bond acceptors (Lipinski definition) is 5. The van der Waals surface area contributed by atoms with E-state index in [2.05, 4.69) is 0 Å². The van der Waals surface area contributed by atoms with E-state index in [1.54, 1.807) is 43.3 Å². The number of rotatable bonds is 4. The summed E-state index contributed by atoms with van der Waals surface area (Å²) < 4.78 is 6.91. The lowest BCUT2D eigenvalue weighted by molar-refractivity contribution is -0.384. The molecule has 2 aromatic carbocycles. The van der Waals surface area contributed by atoms with Gasteiger partial charge in [-0.3, -0.25) is 19.5 Å². The van der Waals surface area contributed by atoms with Crippen molar-refractivity contribution in [2.24, 2.45) is 0 Å². The van der Waals surface area contributed by atoms with E-state index in [-0.39, 0.29) is 34.0 Å². The van der Waals surface area contributed by atoms with Gasteiger partial charge < -0.3 is 9.52 Å². The third-order valence-electron chi connectivity index (χ3n) is 4.71. The van der Waals surface area contributed by atoms with E-state index < -0.39 is 16.8 Å². The summed E-state index contributed by atoms with van der Waals surface area (Å²) in [4.78, 5) is 35.5. The molecular weight excluding hydrogens is 376 g/mol. The van der Waals surface area contributed by atoms with Crippen molar-refractivity contribution in [1.29, 1.82) is 0 Å². The molecule has 29 heavy (non-hydrogen) atoms. The Morgan fingerprint density at radius 2 is 1.72 bits per heavy atom. The molecule has 4 aromatic rings. The highest BCUT2D eigenvalue weighted by atomic mass is 16.6. The van der Waals surface area contributed by atoms with Gasteiger partial charge in [-0.25, -0.2) is 4.79 Å². The molecule has 2 aromatic heterocycles. The highest BCUT2D eigenvalue weighted by molar-refractivity contribution is 6.10. The minimum Gasteiger partial charge on any atom is -0.478 e. The van der Waals surface area contributed by atoms with Crippen LogP contribution in [0, 0.1) is 17.0 Å². The number of nitro groups is 1. The van der Waals surface area contributed by atoms with E-state index >= 15 is 0 Å². The Hall–Kier alpha value is -4.20. The fraction of sp³-hybridized carbons (Fsp3) is 0.0476. The Bertz CT molecular complexity index is 1300. The highest BCUT2D eigenvalue weighted by Crippen LogP contribution is 2.32. The van der Waals surface area contributed by atoms with Crippen LogP contribution >= 0.6 is 0 Å². The summed E-state index contributed by atoms with van der Waals surface area (Å²) in [6.07, 6.45) is 0. The molecule has 8 nitrogen and oxygen atoms in total. The predicted octanol–water partition coefficient (Wildman–Crippen LogP) is 4.50. The zero-order valence-electron chi connectivity index (χ0n) is 15.2. The fourth-order valence-electron chi connectivity index (χ4n) is 3.45.